The highest BCUT2D eigenvalue weighted by Crippen LogP contribution is 2.27. The highest BCUT2D eigenvalue weighted by atomic mass is 35.5. The quantitative estimate of drug-likeness (QED) is 0.849. The first kappa shape index (κ1) is 21.0. The molecule has 0 radical (unpaired) electrons. The molecule has 1 saturated carbocycles. The second-order valence-corrected chi connectivity index (χ2v) is 7.53. The van der Waals surface area contributed by atoms with Crippen LogP contribution in [-0.2, 0) is 4.79 Å². The van der Waals surface area contributed by atoms with Crippen molar-refractivity contribution in [2.75, 3.05) is 26.2 Å². The van der Waals surface area contributed by atoms with Crippen LogP contribution in [0.2, 0.25) is 5.02 Å². The number of amides is 2. The predicted octanol–water partition coefficient (Wildman–Crippen LogP) is 2.95. The number of rotatable bonds is 3. The summed E-state index contributed by atoms with van der Waals surface area (Å²) >= 11 is 5.98. The van der Waals surface area contributed by atoms with Crippen molar-refractivity contribution < 1.29 is 9.59 Å². The van der Waals surface area contributed by atoms with E-state index in [0.29, 0.717) is 49.1 Å². The monoisotopic (exact) mass is 399 g/mol. The molecule has 2 amide bonds. The van der Waals surface area contributed by atoms with E-state index in [1.807, 2.05) is 9.80 Å². The zero-order valence-corrected chi connectivity index (χ0v) is 16.5. The lowest BCUT2D eigenvalue weighted by molar-refractivity contribution is -0.132. The highest BCUT2D eigenvalue weighted by molar-refractivity contribution is 6.30. The summed E-state index contributed by atoms with van der Waals surface area (Å²) in [6.45, 7) is 2.53. The molecule has 7 heteroatoms. The summed E-state index contributed by atoms with van der Waals surface area (Å²) in [4.78, 5) is 29.0. The lowest BCUT2D eigenvalue weighted by atomic mass is 9.99. The molecule has 0 spiro atoms. The summed E-state index contributed by atoms with van der Waals surface area (Å²) in [5.74, 6) is 0.481. The largest absolute Gasteiger partial charge is 0.341 e. The van der Waals surface area contributed by atoms with Crippen molar-refractivity contribution in [2.24, 2.45) is 11.7 Å². The molecule has 2 fully saturated rings. The summed E-state index contributed by atoms with van der Waals surface area (Å²) < 4.78 is 0. The summed E-state index contributed by atoms with van der Waals surface area (Å²) in [5, 5.41) is 0.561. The third-order valence-electron chi connectivity index (χ3n) is 5.36. The number of hydrogen-bond acceptors (Lipinski definition) is 3. The first-order valence-electron chi connectivity index (χ1n) is 9.13. The molecule has 1 aliphatic heterocycles. The van der Waals surface area contributed by atoms with Gasteiger partial charge in [-0.3, -0.25) is 9.59 Å². The Hall–Kier alpha value is -1.30. The Balaban J connectivity index is 0.00000243. The van der Waals surface area contributed by atoms with Crippen LogP contribution in [0, 0.1) is 5.92 Å². The third-order valence-corrected chi connectivity index (χ3v) is 5.60. The van der Waals surface area contributed by atoms with Crippen LogP contribution >= 0.6 is 24.0 Å². The van der Waals surface area contributed by atoms with Gasteiger partial charge >= 0.3 is 0 Å². The Kier molecular flexibility index (Phi) is 7.74. The van der Waals surface area contributed by atoms with E-state index in [1.54, 1.807) is 24.3 Å². The molecular formula is C19H27Cl2N3O2. The maximum absolute atomic E-state index is 12.7. The van der Waals surface area contributed by atoms with Crippen LogP contribution in [0.4, 0.5) is 0 Å². The second kappa shape index (κ2) is 9.58. The smallest absolute Gasteiger partial charge is 0.253 e. The van der Waals surface area contributed by atoms with Crippen molar-refractivity contribution in [3.8, 4) is 0 Å². The number of nitrogens with two attached hydrogens (primary N) is 1. The van der Waals surface area contributed by atoms with Gasteiger partial charge in [-0.1, -0.05) is 24.1 Å². The van der Waals surface area contributed by atoms with E-state index in [1.165, 1.54) is 0 Å². The normalized spacial score (nSPS) is 23.3. The minimum atomic E-state index is -0.0189. The van der Waals surface area contributed by atoms with Crippen molar-refractivity contribution in [3.05, 3.63) is 34.9 Å². The van der Waals surface area contributed by atoms with Gasteiger partial charge in [-0.25, -0.2) is 0 Å². The van der Waals surface area contributed by atoms with Gasteiger partial charge in [0, 0.05) is 49.2 Å². The van der Waals surface area contributed by atoms with Crippen LogP contribution in [-0.4, -0.2) is 53.8 Å². The number of hydrogen-bond donors (Lipinski definition) is 1. The Morgan fingerprint density at radius 2 is 1.81 bits per heavy atom. The summed E-state index contributed by atoms with van der Waals surface area (Å²) in [6, 6.07) is 7.18. The zero-order valence-electron chi connectivity index (χ0n) is 14.9. The van der Waals surface area contributed by atoms with Crippen molar-refractivity contribution in [3.63, 3.8) is 0 Å². The van der Waals surface area contributed by atoms with Crippen molar-refractivity contribution in [2.45, 2.75) is 38.1 Å². The van der Waals surface area contributed by atoms with E-state index < -0.39 is 0 Å². The molecule has 3 rings (SSSR count). The van der Waals surface area contributed by atoms with Crippen LogP contribution in [0.25, 0.3) is 0 Å². The number of nitrogens with zero attached hydrogens (tertiary/aromatic N) is 2. The van der Waals surface area contributed by atoms with Gasteiger partial charge in [0.15, 0.2) is 0 Å². The molecule has 1 aliphatic carbocycles. The molecule has 0 aromatic heterocycles. The topological polar surface area (TPSA) is 66.6 Å². The number of halogens is 2. The molecule has 1 aromatic carbocycles. The fraction of sp³-hybridized carbons (Fsp3) is 0.579. The van der Waals surface area contributed by atoms with Gasteiger partial charge in [-0.05, 0) is 43.4 Å². The number of carbonyl (C=O) groups excluding carboxylic acids is 2. The van der Waals surface area contributed by atoms with Gasteiger partial charge in [0.25, 0.3) is 5.91 Å². The zero-order chi connectivity index (χ0) is 17.8. The Bertz CT molecular complexity index is 641. The molecule has 26 heavy (non-hydrogen) atoms. The first-order chi connectivity index (χ1) is 12.0. The predicted molar refractivity (Wildman–Crippen MR) is 106 cm³/mol. The molecule has 5 nitrogen and oxygen atoms in total. The molecule has 1 aromatic rings. The minimum Gasteiger partial charge on any atom is -0.341 e. The maximum atomic E-state index is 12.7. The van der Waals surface area contributed by atoms with E-state index in [4.69, 9.17) is 17.3 Å². The highest BCUT2D eigenvalue weighted by Gasteiger charge is 2.29. The number of benzene rings is 1. The van der Waals surface area contributed by atoms with Crippen molar-refractivity contribution in [1.82, 2.24) is 9.80 Å². The van der Waals surface area contributed by atoms with Gasteiger partial charge in [-0.2, -0.15) is 0 Å². The third kappa shape index (κ3) is 5.12. The van der Waals surface area contributed by atoms with Gasteiger partial charge in [-0.15, -0.1) is 12.4 Å². The van der Waals surface area contributed by atoms with Crippen molar-refractivity contribution in [1.29, 1.82) is 0 Å². The van der Waals surface area contributed by atoms with Crippen LogP contribution in [0.5, 0.6) is 0 Å². The van der Waals surface area contributed by atoms with E-state index >= 15 is 0 Å². The molecule has 0 unspecified atom stereocenters. The number of carbonyl (C=O) groups is 2. The van der Waals surface area contributed by atoms with Crippen molar-refractivity contribution >= 4 is 35.8 Å². The molecule has 1 saturated heterocycles. The van der Waals surface area contributed by atoms with Crippen LogP contribution in [0.3, 0.4) is 0 Å². The standard InChI is InChI=1S/C19H26ClN3O2.ClH/c20-16-6-1-5-15(12-16)19(25)23-9-3-8-22(10-11-23)18(24)13-14-4-2-7-17(14)21;/h1,5-6,12,14,17H,2-4,7-11,13,21H2;1H/t14-,17+;/m0./s1. The lowest BCUT2D eigenvalue weighted by Crippen LogP contribution is -2.39. The summed E-state index contributed by atoms with van der Waals surface area (Å²) in [7, 11) is 0. The SMILES string of the molecule is Cl.N[C@@H]1CCC[C@H]1CC(=O)N1CCCN(C(=O)c2cccc(Cl)c2)CC1. The molecule has 2 aliphatic rings. The Morgan fingerprint density at radius 3 is 2.50 bits per heavy atom. The van der Waals surface area contributed by atoms with E-state index in [-0.39, 0.29) is 30.3 Å². The van der Waals surface area contributed by atoms with Gasteiger partial charge < -0.3 is 15.5 Å². The van der Waals surface area contributed by atoms with E-state index in [9.17, 15) is 9.59 Å². The average Bonchev–Trinajstić information content (AvgIpc) is 2.86. The minimum absolute atomic E-state index is 0. The van der Waals surface area contributed by atoms with Crippen LogP contribution in [0.1, 0.15) is 42.5 Å². The Labute approximate surface area is 166 Å². The maximum Gasteiger partial charge on any atom is 0.253 e. The van der Waals surface area contributed by atoms with Crippen LogP contribution < -0.4 is 5.73 Å². The first-order valence-corrected chi connectivity index (χ1v) is 9.50. The summed E-state index contributed by atoms with van der Waals surface area (Å²) in [6.07, 6.45) is 4.55. The van der Waals surface area contributed by atoms with Gasteiger partial charge in [0.2, 0.25) is 5.91 Å². The molecular weight excluding hydrogens is 373 g/mol. The Morgan fingerprint density at radius 1 is 1.08 bits per heavy atom. The molecule has 2 atom stereocenters. The molecule has 0 bridgehead atoms. The van der Waals surface area contributed by atoms with Crippen LogP contribution in [0.15, 0.2) is 24.3 Å². The van der Waals surface area contributed by atoms with E-state index in [0.717, 1.165) is 25.7 Å². The molecule has 2 N–H and O–H groups in total. The fourth-order valence-corrected chi connectivity index (χ4v) is 4.04. The lowest BCUT2D eigenvalue weighted by Gasteiger charge is -2.24. The van der Waals surface area contributed by atoms with Gasteiger partial charge in [0.1, 0.15) is 0 Å². The van der Waals surface area contributed by atoms with Gasteiger partial charge in [0.05, 0.1) is 0 Å². The summed E-state index contributed by atoms with van der Waals surface area (Å²) in [5.41, 5.74) is 6.69. The van der Waals surface area contributed by atoms with E-state index in [2.05, 4.69) is 0 Å². The fourth-order valence-electron chi connectivity index (χ4n) is 3.85. The second-order valence-electron chi connectivity index (χ2n) is 7.10. The average molecular weight is 400 g/mol. The molecule has 1 heterocycles. The molecule has 144 valence electrons.